The Morgan fingerprint density at radius 2 is 2.00 bits per heavy atom. The summed E-state index contributed by atoms with van der Waals surface area (Å²) < 4.78 is 1.19. The zero-order valence-electron chi connectivity index (χ0n) is 7.11. The number of aromatic nitrogens is 1. The molecule has 0 N–H and O–H groups in total. The standard InChI is InChI=1S/C10H6INOS/c11-8-3-1-7(2-4-8)9-6-14-10(5-13)12-9/h1-6H. The number of nitrogens with zero attached hydrogens (tertiary/aromatic N) is 1. The van der Waals surface area contributed by atoms with Gasteiger partial charge in [0.05, 0.1) is 5.69 Å². The topological polar surface area (TPSA) is 30.0 Å². The van der Waals surface area contributed by atoms with Crippen LogP contribution in [0.2, 0.25) is 0 Å². The van der Waals surface area contributed by atoms with Crippen LogP contribution >= 0.6 is 33.9 Å². The minimum atomic E-state index is 0.526. The van der Waals surface area contributed by atoms with Crippen LogP contribution in [0.5, 0.6) is 0 Å². The van der Waals surface area contributed by atoms with Crippen LogP contribution < -0.4 is 0 Å². The van der Waals surface area contributed by atoms with E-state index in [2.05, 4.69) is 27.6 Å². The molecule has 0 amide bonds. The highest BCUT2D eigenvalue weighted by molar-refractivity contribution is 14.1. The van der Waals surface area contributed by atoms with Gasteiger partial charge in [-0.2, -0.15) is 0 Å². The summed E-state index contributed by atoms with van der Waals surface area (Å²) in [7, 11) is 0. The molecule has 0 saturated carbocycles. The SMILES string of the molecule is O=Cc1nc(-c2ccc(I)cc2)cs1. The van der Waals surface area contributed by atoms with Crippen LogP contribution in [0.4, 0.5) is 0 Å². The van der Waals surface area contributed by atoms with E-state index < -0.39 is 0 Å². The minimum Gasteiger partial charge on any atom is -0.295 e. The minimum absolute atomic E-state index is 0.526. The molecule has 0 unspecified atom stereocenters. The van der Waals surface area contributed by atoms with E-state index in [1.165, 1.54) is 14.9 Å². The van der Waals surface area contributed by atoms with Crippen molar-refractivity contribution >= 4 is 40.2 Å². The average molecular weight is 315 g/mol. The number of halogens is 1. The second kappa shape index (κ2) is 4.18. The van der Waals surface area contributed by atoms with Gasteiger partial charge in [0.1, 0.15) is 0 Å². The fourth-order valence-corrected chi connectivity index (χ4v) is 2.08. The molecule has 1 aromatic heterocycles. The highest BCUT2D eigenvalue weighted by atomic mass is 127. The molecule has 2 aromatic rings. The van der Waals surface area contributed by atoms with Crippen molar-refractivity contribution in [3.8, 4) is 11.3 Å². The molecule has 0 aliphatic rings. The molecule has 4 heteroatoms. The van der Waals surface area contributed by atoms with Gasteiger partial charge in [-0.3, -0.25) is 4.79 Å². The lowest BCUT2D eigenvalue weighted by atomic mass is 10.2. The Morgan fingerprint density at radius 1 is 1.29 bits per heavy atom. The van der Waals surface area contributed by atoms with Gasteiger partial charge in [0.2, 0.25) is 0 Å². The van der Waals surface area contributed by atoms with Gasteiger partial charge in [0.25, 0.3) is 0 Å². The molecule has 0 bridgehead atoms. The molecule has 1 aromatic carbocycles. The van der Waals surface area contributed by atoms with E-state index in [0.29, 0.717) is 5.01 Å². The molecule has 0 radical (unpaired) electrons. The second-order valence-electron chi connectivity index (χ2n) is 2.70. The smallest absolute Gasteiger partial charge is 0.178 e. The molecule has 0 aliphatic heterocycles. The number of carbonyl (C=O) groups excluding carboxylic acids is 1. The number of hydrogen-bond donors (Lipinski definition) is 0. The molecule has 0 saturated heterocycles. The molecule has 70 valence electrons. The molecule has 2 rings (SSSR count). The first-order valence-electron chi connectivity index (χ1n) is 3.96. The fourth-order valence-electron chi connectivity index (χ4n) is 1.09. The van der Waals surface area contributed by atoms with E-state index in [4.69, 9.17) is 0 Å². The van der Waals surface area contributed by atoms with Gasteiger partial charge in [0, 0.05) is 14.5 Å². The van der Waals surface area contributed by atoms with Crippen molar-refractivity contribution in [3.05, 3.63) is 38.2 Å². The molecule has 0 aliphatic carbocycles. The van der Waals surface area contributed by atoms with Crippen LogP contribution in [-0.4, -0.2) is 11.3 Å². The quantitative estimate of drug-likeness (QED) is 0.629. The van der Waals surface area contributed by atoms with E-state index in [1.54, 1.807) is 0 Å². The number of benzene rings is 1. The van der Waals surface area contributed by atoms with E-state index >= 15 is 0 Å². The van der Waals surface area contributed by atoms with Crippen molar-refractivity contribution in [2.24, 2.45) is 0 Å². The third kappa shape index (κ3) is 2.01. The zero-order valence-corrected chi connectivity index (χ0v) is 10.1. The summed E-state index contributed by atoms with van der Waals surface area (Å²) in [6.45, 7) is 0. The van der Waals surface area contributed by atoms with Gasteiger partial charge in [-0.1, -0.05) is 12.1 Å². The van der Waals surface area contributed by atoms with E-state index in [1.807, 2.05) is 29.6 Å². The molecule has 2 nitrogen and oxygen atoms in total. The zero-order chi connectivity index (χ0) is 9.97. The first-order chi connectivity index (χ1) is 6.79. The summed E-state index contributed by atoms with van der Waals surface area (Å²) in [4.78, 5) is 14.6. The second-order valence-corrected chi connectivity index (χ2v) is 4.83. The molecule has 1 heterocycles. The summed E-state index contributed by atoms with van der Waals surface area (Å²) in [5.74, 6) is 0. The van der Waals surface area contributed by atoms with Gasteiger partial charge in [0.15, 0.2) is 11.3 Å². The summed E-state index contributed by atoms with van der Waals surface area (Å²) in [5.41, 5.74) is 1.92. The van der Waals surface area contributed by atoms with Crippen molar-refractivity contribution in [1.29, 1.82) is 0 Å². The highest BCUT2D eigenvalue weighted by Crippen LogP contribution is 2.21. The number of rotatable bonds is 2. The Balaban J connectivity index is 2.39. The van der Waals surface area contributed by atoms with E-state index in [9.17, 15) is 4.79 Å². The number of hydrogen-bond acceptors (Lipinski definition) is 3. The summed E-state index contributed by atoms with van der Waals surface area (Å²) in [5, 5.41) is 2.42. The first kappa shape index (κ1) is 9.79. The van der Waals surface area contributed by atoms with Crippen LogP contribution in [0.25, 0.3) is 11.3 Å². The Labute approximate surface area is 99.1 Å². The lowest BCUT2D eigenvalue weighted by Gasteiger charge is -1.95. The first-order valence-corrected chi connectivity index (χ1v) is 5.92. The Bertz CT molecular complexity index is 449. The van der Waals surface area contributed by atoms with Gasteiger partial charge in [-0.15, -0.1) is 11.3 Å². The van der Waals surface area contributed by atoms with Crippen molar-refractivity contribution in [2.75, 3.05) is 0 Å². The number of thiazole rings is 1. The van der Waals surface area contributed by atoms with Crippen LogP contribution in [-0.2, 0) is 0 Å². The molecule has 0 fully saturated rings. The number of aldehydes is 1. The van der Waals surface area contributed by atoms with Gasteiger partial charge < -0.3 is 0 Å². The van der Waals surface area contributed by atoms with Crippen LogP contribution in [0, 0.1) is 3.57 Å². The lowest BCUT2D eigenvalue weighted by Crippen LogP contribution is -1.80. The molecular formula is C10H6INOS. The number of carbonyl (C=O) groups is 1. The molecule has 0 spiro atoms. The summed E-state index contributed by atoms with van der Waals surface area (Å²) in [6.07, 6.45) is 0.779. The normalized spacial score (nSPS) is 10.1. The summed E-state index contributed by atoms with van der Waals surface area (Å²) >= 11 is 3.62. The Hall–Kier alpha value is -0.750. The third-order valence-corrected chi connectivity index (χ3v) is 3.25. The van der Waals surface area contributed by atoms with E-state index in [0.717, 1.165) is 17.5 Å². The highest BCUT2D eigenvalue weighted by Gasteiger charge is 2.02. The van der Waals surface area contributed by atoms with Gasteiger partial charge in [-0.05, 0) is 34.7 Å². The third-order valence-electron chi connectivity index (χ3n) is 1.76. The van der Waals surface area contributed by atoms with Gasteiger partial charge >= 0.3 is 0 Å². The fraction of sp³-hybridized carbons (Fsp3) is 0. The van der Waals surface area contributed by atoms with Crippen molar-refractivity contribution < 1.29 is 4.79 Å². The van der Waals surface area contributed by atoms with E-state index in [-0.39, 0.29) is 0 Å². The van der Waals surface area contributed by atoms with Crippen molar-refractivity contribution in [1.82, 2.24) is 4.98 Å². The maximum atomic E-state index is 10.5. The molecule has 0 atom stereocenters. The van der Waals surface area contributed by atoms with Crippen LogP contribution in [0.3, 0.4) is 0 Å². The molecular weight excluding hydrogens is 309 g/mol. The van der Waals surface area contributed by atoms with Crippen molar-refractivity contribution in [2.45, 2.75) is 0 Å². The predicted molar refractivity (Wildman–Crippen MR) is 65.7 cm³/mol. The van der Waals surface area contributed by atoms with Crippen LogP contribution in [0.1, 0.15) is 9.80 Å². The Kier molecular flexibility index (Phi) is 2.93. The Morgan fingerprint density at radius 3 is 2.57 bits per heavy atom. The largest absolute Gasteiger partial charge is 0.295 e. The monoisotopic (exact) mass is 315 g/mol. The van der Waals surface area contributed by atoms with Gasteiger partial charge in [-0.25, -0.2) is 4.98 Å². The lowest BCUT2D eigenvalue weighted by molar-refractivity contribution is 0.112. The molecule has 14 heavy (non-hydrogen) atoms. The average Bonchev–Trinajstić information content (AvgIpc) is 2.67. The van der Waals surface area contributed by atoms with Crippen LogP contribution in [0.15, 0.2) is 29.6 Å². The predicted octanol–water partition coefficient (Wildman–Crippen LogP) is 3.23. The summed E-state index contributed by atoms with van der Waals surface area (Å²) in [6, 6.07) is 8.06. The maximum absolute atomic E-state index is 10.5. The maximum Gasteiger partial charge on any atom is 0.178 e. The van der Waals surface area contributed by atoms with Crippen molar-refractivity contribution in [3.63, 3.8) is 0 Å².